The molecule has 3 aromatic heterocycles. The molecule has 0 N–H and O–H groups in total. The smallest absolute Gasteiger partial charge is 0.235 e. The second-order valence-electron chi connectivity index (χ2n) is 14.9. The van der Waals surface area contributed by atoms with Crippen LogP contribution in [-0.2, 0) is 0 Å². The first kappa shape index (κ1) is 32.0. The Labute approximate surface area is 330 Å². The molecule has 4 nitrogen and oxygen atoms in total. The molecule has 266 valence electrons. The Morgan fingerprint density at radius 3 is 1.63 bits per heavy atom. The number of hydrogen-bond donors (Lipinski definition) is 0. The molecule has 0 spiro atoms. The number of fused-ring (bicyclic) bond motifs is 10. The summed E-state index contributed by atoms with van der Waals surface area (Å²) < 4.78 is 4.73. The van der Waals surface area contributed by atoms with E-state index >= 15 is 0 Å². The average Bonchev–Trinajstić information content (AvgIpc) is 3.92. The molecular formula is C52H34N4Si. The summed E-state index contributed by atoms with van der Waals surface area (Å²) in [7, 11) is -2.91. The van der Waals surface area contributed by atoms with E-state index in [1.165, 1.54) is 58.9 Å². The number of para-hydroxylation sites is 3. The van der Waals surface area contributed by atoms with E-state index in [2.05, 4.69) is 215 Å². The van der Waals surface area contributed by atoms with Gasteiger partial charge in [-0.1, -0.05) is 176 Å². The molecule has 0 atom stereocenters. The van der Waals surface area contributed by atoms with E-state index in [0.29, 0.717) is 5.95 Å². The molecule has 0 aliphatic carbocycles. The zero-order chi connectivity index (χ0) is 37.5. The number of aromatic nitrogens is 4. The van der Waals surface area contributed by atoms with Crippen molar-refractivity contribution in [2.75, 3.05) is 0 Å². The lowest BCUT2D eigenvalue weighted by atomic mass is 10.1. The fourth-order valence-electron chi connectivity index (χ4n) is 9.77. The van der Waals surface area contributed by atoms with Crippen molar-refractivity contribution in [1.82, 2.24) is 19.1 Å². The molecule has 0 saturated carbocycles. The molecule has 0 radical (unpaired) electrons. The van der Waals surface area contributed by atoms with Crippen molar-refractivity contribution < 1.29 is 0 Å². The predicted octanol–water partition coefficient (Wildman–Crippen LogP) is 9.70. The van der Waals surface area contributed by atoms with Crippen molar-refractivity contribution in [1.29, 1.82) is 0 Å². The van der Waals surface area contributed by atoms with Gasteiger partial charge in [0.05, 0.1) is 33.5 Å². The van der Waals surface area contributed by atoms with Crippen LogP contribution in [0.4, 0.5) is 0 Å². The summed E-state index contributed by atoms with van der Waals surface area (Å²) in [4.78, 5) is 11.5. The lowest BCUT2D eigenvalue weighted by molar-refractivity contribution is 1.00. The van der Waals surface area contributed by atoms with Crippen molar-refractivity contribution in [2.45, 2.75) is 0 Å². The van der Waals surface area contributed by atoms with Crippen LogP contribution in [0.2, 0.25) is 0 Å². The van der Waals surface area contributed by atoms with Gasteiger partial charge in [0, 0.05) is 43.5 Å². The minimum Gasteiger partial charge on any atom is -0.309 e. The van der Waals surface area contributed by atoms with E-state index in [4.69, 9.17) is 9.97 Å². The molecule has 0 unspecified atom stereocenters. The van der Waals surface area contributed by atoms with Gasteiger partial charge in [-0.3, -0.25) is 4.57 Å². The first-order valence-electron chi connectivity index (χ1n) is 19.5. The lowest BCUT2D eigenvalue weighted by Gasteiger charge is -2.32. The maximum atomic E-state index is 5.77. The normalized spacial score (nSPS) is 13.1. The summed E-state index contributed by atoms with van der Waals surface area (Å²) in [6.07, 6.45) is 0. The van der Waals surface area contributed by atoms with E-state index < -0.39 is 8.07 Å². The Hall–Kier alpha value is -7.34. The number of benzene rings is 8. The first-order valence-corrected chi connectivity index (χ1v) is 21.5. The maximum Gasteiger partial charge on any atom is 0.235 e. The van der Waals surface area contributed by atoms with Crippen LogP contribution in [0.25, 0.3) is 77.8 Å². The van der Waals surface area contributed by atoms with Crippen LogP contribution < -0.4 is 20.7 Å². The van der Waals surface area contributed by atoms with Crippen LogP contribution in [0.3, 0.4) is 0 Å². The first-order chi connectivity index (χ1) is 28.3. The Morgan fingerprint density at radius 1 is 0.386 bits per heavy atom. The fourth-order valence-corrected chi connectivity index (χ4v) is 15.0. The van der Waals surface area contributed by atoms with Crippen LogP contribution in [0.15, 0.2) is 206 Å². The van der Waals surface area contributed by atoms with Gasteiger partial charge in [-0.25, -0.2) is 9.97 Å². The molecule has 8 aromatic carbocycles. The third kappa shape index (κ3) is 4.43. The summed E-state index contributed by atoms with van der Waals surface area (Å²) in [6.45, 7) is 0. The van der Waals surface area contributed by atoms with Crippen molar-refractivity contribution in [3.05, 3.63) is 206 Å². The molecule has 0 fully saturated rings. The van der Waals surface area contributed by atoms with Crippen molar-refractivity contribution >= 4 is 72.4 Å². The molecule has 11 aromatic rings. The van der Waals surface area contributed by atoms with Gasteiger partial charge in [0.1, 0.15) is 0 Å². The highest BCUT2D eigenvalue weighted by Crippen LogP contribution is 2.42. The molecule has 57 heavy (non-hydrogen) atoms. The molecule has 0 bridgehead atoms. The van der Waals surface area contributed by atoms with Gasteiger partial charge < -0.3 is 4.57 Å². The molecule has 5 heteroatoms. The zero-order valence-corrected chi connectivity index (χ0v) is 31.9. The zero-order valence-electron chi connectivity index (χ0n) is 30.9. The summed E-state index contributed by atoms with van der Waals surface area (Å²) in [5, 5.41) is 10.0. The molecular weight excluding hydrogens is 709 g/mol. The average molecular weight is 743 g/mol. The molecule has 0 saturated heterocycles. The largest absolute Gasteiger partial charge is 0.309 e. The summed E-state index contributed by atoms with van der Waals surface area (Å²) in [5.41, 5.74) is 9.91. The van der Waals surface area contributed by atoms with Gasteiger partial charge in [0.25, 0.3) is 0 Å². The third-order valence-electron chi connectivity index (χ3n) is 12.0. The molecule has 4 heterocycles. The van der Waals surface area contributed by atoms with Crippen LogP contribution in [0.1, 0.15) is 0 Å². The van der Waals surface area contributed by atoms with Crippen molar-refractivity contribution in [3.63, 3.8) is 0 Å². The number of rotatable bonds is 5. The summed E-state index contributed by atoms with van der Waals surface area (Å²) >= 11 is 0. The molecule has 0 amide bonds. The summed E-state index contributed by atoms with van der Waals surface area (Å²) in [6, 6.07) is 74.7. The Balaban J connectivity index is 1.25. The fraction of sp³-hybridized carbons (Fsp3) is 0. The van der Waals surface area contributed by atoms with E-state index in [9.17, 15) is 0 Å². The minimum atomic E-state index is -2.91. The molecule has 1 aliphatic rings. The molecule has 1 aliphatic heterocycles. The van der Waals surface area contributed by atoms with Crippen molar-refractivity contribution in [2.24, 2.45) is 0 Å². The SMILES string of the molecule is c1ccc(-c2nc(-n3c4ccccc4c4c3ccc3c5ccccc5n(-c5ccccc5)c34)nc3c2[Si](c2ccccc2)(c2ccccc2)c2ccccc2-3)cc1. The van der Waals surface area contributed by atoms with Crippen LogP contribution in [0, 0.1) is 0 Å². The second kappa shape index (κ2) is 12.3. The highest BCUT2D eigenvalue weighted by Gasteiger charge is 2.51. The van der Waals surface area contributed by atoms with E-state index in [-0.39, 0.29) is 0 Å². The minimum absolute atomic E-state index is 0.668. The highest BCUT2D eigenvalue weighted by molar-refractivity contribution is 7.22. The standard InChI is InChI=1S/C52H34N4Si/c1-5-19-35(20-6-1)48-51-49(42-29-15-18-32-46(42)57(51,37-23-9-3-10-24-37)38-25-11-4-12-26-38)54-52(53-48)56-44-31-17-14-28-41(44)47-45(56)34-33-40-39-27-13-16-30-43(39)55(50(40)47)36-21-7-2-8-22-36/h1-34H. The van der Waals surface area contributed by atoms with Gasteiger partial charge in [-0.2, -0.15) is 0 Å². The van der Waals surface area contributed by atoms with Crippen LogP contribution >= 0.6 is 0 Å². The van der Waals surface area contributed by atoms with Gasteiger partial charge >= 0.3 is 0 Å². The number of hydrogen-bond acceptors (Lipinski definition) is 2. The van der Waals surface area contributed by atoms with E-state index in [0.717, 1.165) is 33.7 Å². The predicted molar refractivity (Wildman–Crippen MR) is 239 cm³/mol. The van der Waals surface area contributed by atoms with Gasteiger partial charge in [-0.05, 0) is 45.9 Å². The topological polar surface area (TPSA) is 35.6 Å². The Morgan fingerprint density at radius 2 is 0.930 bits per heavy atom. The quantitative estimate of drug-likeness (QED) is 0.165. The van der Waals surface area contributed by atoms with Crippen LogP contribution in [0.5, 0.6) is 0 Å². The highest BCUT2D eigenvalue weighted by atomic mass is 28.3. The van der Waals surface area contributed by atoms with Gasteiger partial charge in [0.15, 0.2) is 8.07 Å². The van der Waals surface area contributed by atoms with E-state index in [1.54, 1.807) is 0 Å². The molecule has 12 rings (SSSR count). The monoisotopic (exact) mass is 742 g/mol. The third-order valence-corrected chi connectivity index (χ3v) is 16.9. The van der Waals surface area contributed by atoms with E-state index in [1.807, 2.05) is 0 Å². The van der Waals surface area contributed by atoms with Crippen molar-refractivity contribution in [3.8, 4) is 34.2 Å². The summed E-state index contributed by atoms with van der Waals surface area (Å²) in [5.74, 6) is 0.668. The van der Waals surface area contributed by atoms with Gasteiger partial charge in [-0.15, -0.1) is 0 Å². The Bertz CT molecular complexity index is 3290. The van der Waals surface area contributed by atoms with Gasteiger partial charge in [0.2, 0.25) is 5.95 Å². The number of nitrogens with zero attached hydrogens (tertiary/aromatic N) is 4. The second-order valence-corrected chi connectivity index (χ2v) is 18.6. The lowest BCUT2D eigenvalue weighted by Crippen LogP contribution is -2.73. The Kier molecular flexibility index (Phi) is 6.91. The maximum absolute atomic E-state index is 5.77. The van der Waals surface area contributed by atoms with Crippen LogP contribution in [-0.4, -0.2) is 27.2 Å².